The van der Waals surface area contributed by atoms with E-state index in [4.69, 9.17) is 0 Å². The molecule has 2 nitrogen and oxygen atoms in total. The molecule has 0 heterocycles. The quantitative estimate of drug-likeness (QED) is 0.471. The summed E-state index contributed by atoms with van der Waals surface area (Å²) in [7, 11) is 0. The Morgan fingerprint density at radius 2 is 2.08 bits per heavy atom. The van der Waals surface area contributed by atoms with E-state index in [2.05, 4.69) is 13.5 Å². The molecule has 0 aliphatic heterocycles. The van der Waals surface area contributed by atoms with E-state index >= 15 is 0 Å². The van der Waals surface area contributed by atoms with Gasteiger partial charge in [-0.25, -0.2) is 0 Å². The van der Waals surface area contributed by atoms with Gasteiger partial charge in [0.25, 0.3) is 0 Å². The molecular weight excluding hydrogens is 152 g/mol. The molecule has 2 heteroatoms. The van der Waals surface area contributed by atoms with Crippen LogP contribution in [0.15, 0.2) is 12.2 Å². The van der Waals surface area contributed by atoms with Crippen molar-refractivity contribution in [1.82, 2.24) is 0 Å². The third-order valence-electron chi connectivity index (χ3n) is 2.84. The molecule has 1 fully saturated rings. The zero-order chi connectivity index (χ0) is 9.14. The van der Waals surface area contributed by atoms with E-state index in [-0.39, 0.29) is 11.8 Å². The topological polar surface area (TPSA) is 34.1 Å². The number of allylic oxidation sites excluding steroid dienone is 1. The molecule has 0 N–H and O–H groups in total. The highest BCUT2D eigenvalue weighted by atomic mass is 16.1. The first-order valence-corrected chi connectivity index (χ1v) is 4.30. The normalized spacial score (nSPS) is 34.6. The predicted octanol–water partition coefficient (Wildman–Crippen LogP) is 1.60. The fraction of sp³-hybridized carbons (Fsp3) is 0.600. The Labute approximate surface area is 72.7 Å². The smallest absolute Gasteiger partial charge is 0.145 e. The van der Waals surface area contributed by atoms with Gasteiger partial charge in [0.2, 0.25) is 0 Å². The number of carbonyl (C=O) groups is 2. The van der Waals surface area contributed by atoms with E-state index in [1.807, 2.05) is 0 Å². The average molecular weight is 166 g/mol. The molecule has 0 spiro atoms. The van der Waals surface area contributed by atoms with Gasteiger partial charge >= 0.3 is 0 Å². The maximum Gasteiger partial charge on any atom is 0.145 e. The first-order chi connectivity index (χ1) is 5.70. The highest BCUT2D eigenvalue weighted by Crippen LogP contribution is 2.38. The highest BCUT2D eigenvalue weighted by Gasteiger charge is 2.34. The summed E-state index contributed by atoms with van der Waals surface area (Å²) in [5, 5.41) is 0. The van der Waals surface area contributed by atoms with Gasteiger partial charge in [-0.15, -0.1) is 0 Å². The van der Waals surface area contributed by atoms with Gasteiger partial charge in [0, 0.05) is 5.92 Å². The zero-order valence-electron chi connectivity index (χ0n) is 7.32. The Kier molecular flexibility index (Phi) is 2.79. The molecule has 66 valence electrons. The van der Waals surface area contributed by atoms with Crippen LogP contribution in [0.3, 0.4) is 0 Å². The lowest BCUT2D eigenvalue weighted by molar-refractivity contribution is -0.112. The molecule has 0 aromatic carbocycles. The lowest BCUT2D eigenvalue weighted by Crippen LogP contribution is -2.16. The minimum Gasteiger partial charge on any atom is -0.303 e. The second kappa shape index (κ2) is 3.65. The van der Waals surface area contributed by atoms with Gasteiger partial charge in [-0.05, 0) is 30.3 Å². The van der Waals surface area contributed by atoms with Crippen LogP contribution in [-0.4, -0.2) is 12.6 Å². The van der Waals surface area contributed by atoms with Crippen LogP contribution in [0.4, 0.5) is 0 Å². The standard InChI is InChI=1S/C10H14O2/c1-7-3-4-9(8(2)5-11)10(7)6-12/h5-7,9-10H,2-4H2,1H3. The monoisotopic (exact) mass is 166 g/mol. The van der Waals surface area contributed by atoms with Crippen molar-refractivity contribution in [3.63, 3.8) is 0 Å². The molecular formula is C10H14O2. The molecule has 0 aromatic heterocycles. The molecule has 0 amide bonds. The highest BCUT2D eigenvalue weighted by molar-refractivity contribution is 5.74. The van der Waals surface area contributed by atoms with E-state index < -0.39 is 0 Å². The molecule has 3 unspecified atom stereocenters. The molecule has 12 heavy (non-hydrogen) atoms. The Bertz CT molecular complexity index is 208. The van der Waals surface area contributed by atoms with E-state index in [0.29, 0.717) is 11.5 Å². The van der Waals surface area contributed by atoms with Crippen molar-refractivity contribution in [3.05, 3.63) is 12.2 Å². The summed E-state index contributed by atoms with van der Waals surface area (Å²) in [6.07, 6.45) is 3.71. The van der Waals surface area contributed by atoms with Crippen LogP contribution in [0.5, 0.6) is 0 Å². The van der Waals surface area contributed by atoms with Gasteiger partial charge in [-0.1, -0.05) is 13.5 Å². The van der Waals surface area contributed by atoms with Crippen molar-refractivity contribution in [1.29, 1.82) is 0 Å². The molecule has 1 aliphatic rings. The number of aldehydes is 2. The van der Waals surface area contributed by atoms with Crippen LogP contribution in [0.25, 0.3) is 0 Å². The van der Waals surface area contributed by atoms with Crippen LogP contribution in [0.1, 0.15) is 19.8 Å². The number of hydrogen-bond donors (Lipinski definition) is 0. The van der Waals surface area contributed by atoms with Crippen LogP contribution >= 0.6 is 0 Å². The van der Waals surface area contributed by atoms with Gasteiger partial charge in [-0.2, -0.15) is 0 Å². The summed E-state index contributed by atoms with van der Waals surface area (Å²) in [6, 6.07) is 0. The van der Waals surface area contributed by atoms with Crippen LogP contribution in [-0.2, 0) is 9.59 Å². The number of rotatable bonds is 3. The van der Waals surface area contributed by atoms with Crippen molar-refractivity contribution in [2.24, 2.45) is 17.8 Å². The number of hydrogen-bond acceptors (Lipinski definition) is 2. The second-order valence-corrected chi connectivity index (χ2v) is 3.57. The van der Waals surface area contributed by atoms with E-state index in [9.17, 15) is 9.59 Å². The molecule has 1 aliphatic carbocycles. The fourth-order valence-electron chi connectivity index (χ4n) is 1.97. The minimum atomic E-state index is 0.0164. The van der Waals surface area contributed by atoms with Gasteiger partial charge < -0.3 is 4.79 Å². The third-order valence-corrected chi connectivity index (χ3v) is 2.84. The van der Waals surface area contributed by atoms with Crippen molar-refractivity contribution >= 4 is 12.6 Å². The van der Waals surface area contributed by atoms with E-state index in [0.717, 1.165) is 25.4 Å². The first-order valence-electron chi connectivity index (χ1n) is 4.30. The van der Waals surface area contributed by atoms with Gasteiger partial charge in [0.15, 0.2) is 0 Å². The number of carbonyl (C=O) groups excluding carboxylic acids is 2. The molecule has 1 rings (SSSR count). The predicted molar refractivity (Wildman–Crippen MR) is 46.6 cm³/mol. The Morgan fingerprint density at radius 3 is 2.58 bits per heavy atom. The van der Waals surface area contributed by atoms with Crippen molar-refractivity contribution < 1.29 is 9.59 Å². The molecule has 0 saturated heterocycles. The average Bonchev–Trinajstić information content (AvgIpc) is 2.45. The molecule has 3 atom stereocenters. The summed E-state index contributed by atoms with van der Waals surface area (Å²) in [4.78, 5) is 21.1. The van der Waals surface area contributed by atoms with Crippen molar-refractivity contribution in [3.8, 4) is 0 Å². The summed E-state index contributed by atoms with van der Waals surface area (Å²) in [6.45, 7) is 5.71. The zero-order valence-corrected chi connectivity index (χ0v) is 7.32. The van der Waals surface area contributed by atoms with E-state index in [1.165, 1.54) is 0 Å². The Hall–Kier alpha value is -0.920. The maximum atomic E-state index is 10.7. The van der Waals surface area contributed by atoms with E-state index in [1.54, 1.807) is 0 Å². The lowest BCUT2D eigenvalue weighted by Gasteiger charge is -2.15. The third kappa shape index (κ3) is 1.47. The maximum absolute atomic E-state index is 10.7. The van der Waals surface area contributed by atoms with Crippen molar-refractivity contribution in [2.45, 2.75) is 19.8 Å². The van der Waals surface area contributed by atoms with Crippen molar-refractivity contribution in [2.75, 3.05) is 0 Å². The van der Waals surface area contributed by atoms with Crippen LogP contribution in [0.2, 0.25) is 0 Å². The first kappa shape index (κ1) is 9.17. The largest absolute Gasteiger partial charge is 0.303 e. The second-order valence-electron chi connectivity index (χ2n) is 3.57. The Balaban J connectivity index is 2.72. The summed E-state index contributed by atoms with van der Waals surface area (Å²) in [5.41, 5.74) is 0.580. The molecule has 0 bridgehead atoms. The van der Waals surface area contributed by atoms with Crippen LogP contribution < -0.4 is 0 Å². The lowest BCUT2D eigenvalue weighted by atomic mass is 9.87. The fourth-order valence-corrected chi connectivity index (χ4v) is 1.97. The van der Waals surface area contributed by atoms with Gasteiger partial charge in [-0.3, -0.25) is 4.79 Å². The van der Waals surface area contributed by atoms with Gasteiger partial charge in [0.05, 0.1) is 0 Å². The van der Waals surface area contributed by atoms with Gasteiger partial charge in [0.1, 0.15) is 12.6 Å². The molecule has 0 radical (unpaired) electrons. The SMILES string of the molecule is C=C(C=O)C1CCC(C)C1C=O. The minimum absolute atomic E-state index is 0.0164. The summed E-state index contributed by atoms with van der Waals surface area (Å²) >= 11 is 0. The Morgan fingerprint density at radius 1 is 1.42 bits per heavy atom. The summed E-state index contributed by atoms with van der Waals surface area (Å²) in [5.74, 6) is 0.530. The summed E-state index contributed by atoms with van der Waals surface area (Å²) < 4.78 is 0. The van der Waals surface area contributed by atoms with Crippen LogP contribution in [0, 0.1) is 17.8 Å². The molecule has 1 saturated carbocycles. The molecule has 0 aromatic rings.